The molecule has 2 rings (SSSR count). The number of methoxy groups -OCH3 is 1. The number of carbonyl (C=O) groups excluding carboxylic acids is 1. The lowest BCUT2D eigenvalue weighted by molar-refractivity contribution is -0.144. The van der Waals surface area contributed by atoms with Crippen LogP contribution in [0.5, 0.6) is 0 Å². The maximum absolute atomic E-state index is 13.5. The van der Waals surface area contributed by atoms with Crippen molar-refractivity contribution in [3.8, 4) is 0 Å². The maximum atomic E-state index is 13.5. The lowest BCUT2D eigenvalue weighted by atomic mass is 10.2. The molecule has 116 valence electrons. The molecule has 1 aliphatic heterocycles. The highest BCUT2D eigenvalue weighted by Gasteiger charge is 2.45. The maximum Gasteiger partial charge on any atom is 0.324 e. The second-order valence-electron chi connectivity index (χ2n) is 4.52. The smallest absolute Gasteiger partial charge is 0.324 e. The summed E-state index contributed by atoms with van der Waals surface area (Å²) in [4.78, 5) is 11.0. The Labute approximate surface area is 119 Å². The fourth-order valence-electron chi connectivity index (χ4n) is 2.15. The second kappa shape index (κ2) is 5.64. The molecular formula is C12H12F3NO4S. The van der Waals surface area contributed by atoms with Crippen molar-refractivity contribution in [2.45, 2.75) is 23.5 Å². The van der Waals surface area contributed by atoms with E-state index in [-0.39, 0.29) is 6.42 Å². The van der Waals surface area contributed by atoms with Crippen LogP contribution in [-0.4, -0.2) is 44.6 Å². The highest BCUT2D eigenvalue weighted by atomic mass is 32.2. The molecule has 21 heavy (non-hydrogen) atoms. The van der Waals surface area contributed by atoms with E-state index in [1.54, 1.807) is 0 Å². The summed E-state index contributed by atoms with van der Waals surface area (Å²) >= 11 is 0. The summed E-state index contributed by atoms with van der Waals surface area (Å²) in [6, 6.07) is 0.680. The molecule has 9 heteroatoms. The van der Waals surface area contributed by atoms with Crippen molar-refractivity contribution in [1.82, 2.24) is 4.31 Å². The van der Waals surface area contributed by atoms with Crippen LogP contribution in [0.25, 0.3) is 0 Å². The fraction of sp³-hybridized carbons (Fsp3) is 0.417. The highest BCUT2D eigenvalue weighted by molar-refractivity contribution is 7.89. The van der Waals surface area contributed by atoms with Crippen molar-refractivity contribution in [2.24, 2.45) is 0 Å². The molecule has 0 N–H and O–H groups in total. The Kier molecular flexibility index (Phi) is 4.24. The van der Waals surface area contributed by atoms with Gasteiger partial charge in [-0.1, -0.05) is 0 Å². The van der Waals surface area contributed by atoms with Crippen molar-refractivity contribution in [2.75, 3.05) is 13.7 Å². The zero-order chi connectivity index (χ0) is 15.8. The summed E-state index contributed by atoms with van der Waals surface area (Å²) in [5, 5.41) is 0. The van der Waals surface area contributed by atoms with Gasteiger partial charge >= 0.3 is 5.97 Å². The number of carbonyl (C=O) groups is 1. The molecule has 0 amide bonds. The van der Waals surface area contributed by atoms with Gasteiger partial charge in [-0.15, -0.1) is 0 Å². The minimum atomic E-state index is -4.33. The number of hydrogen-bond acceptors (Lipinski definition) is 4. The van der Waals surface area contributed by atoms with E-state index in [2.05, 4.69) is 4.74 Å². The van der Waals surface area contributed by atoms with Gasteiger partial charge in [-0.3, -0.25) is 4.79 Å². The van der Waals surface area contributed by atoms with Crippen LogP contribution >= 0.6 is 0 Å². The van der Waals surface area contributed by atoms with E-state index >= 15 is 0 Å². The van der Waals surface area contributed by atoms with E-state index < -0.39 is 51.3 Å². The standard InChI is InChI=1S/C12H12F3NO4S/c1-20-12(17)11-4-7(13)6-16(11)21(18,19)8-2-3-9(14)10(15)5-8/h2-3,5,7,11H,4,6H2,1H3/t7-,11+/m1/s1. The predicted octanol–water partition coefficient (Wildman–Crippen LogP) is 1.24. The molecule has 0 saturated carbocycles. The van der Waals surface area contributed by atoms with Crippen LogP contribution in [0.2, 0.25) is 0 Å². The first-order valence-electron chi connectivity index (χ1n) is 5.96. The topological polar surface area (TPSA) is 63.7 Å². The Balaban J connectivity index is 2.41. The first-order chi connectivity index (χ1) is 9.77. The van der Waals surface area contributed by atoms with E-state index in [0.717, 1.165) is 13.2 Å². The molecule has 0 spiro atoms. The molecule has 5 nitrogen and oxygen atoms in total. The Morgan fingerprint density at radius 3 is 2.57 bits per heavy atom. The van der Waals surface area contributed by atoms with Crippen LogP contribution in [0.3, 0.4) is 0 Å². The summed E-state index contributed by atoms with van der Waals surface area (Å²) in [7, 11) is -3.28. The molecule has 0 aliphatic carbocycles. The van der Waals surface area contributed by atoms with Gasteiger partial charge in [-0.05, 0) is 18.2 Å². The van der Waals surface area contributed by atoms with Crippen molar-refractivity contribution < 1.29 is 31.1 Å². The summed E-state index contributed by atoms with van der Waals surface area (Å²) in [5.41, 5.74) is 0. The molecule has 1 aliphatic rings. The Hall–Kier alpha value is -1.61. The van der Waals surface area contributed by atoms with Crippen molar-refractivity contribution in [1.29, 1.82) is 0 Å². The van der Waals surface area contributed by atoms with Gasteiger partial charge in [0.2, 0.25) is 10.0 Å². The van der Waals surface area contributed by atoms with Gasteiger partial charge in [0.1, 0.15) is 12.2 Å². The Morgan fingerprint density at radius 2 is 2.00 bits per heavy atom. The number of sulfonamides is 1. The number of rotatable bonds is 3. The van der Waals surface area contributed by atoms with E-state index in [9.17, 15) is 26.4 Å². The van der Waals surface area contributed by atoms with E-state index in [4.69, 9.17) is 0 Å². The molecule has 1 fully saturated rings. The van der Waals surface area contributed by atoms with Gasteiger partial charge in [0, 0.05) is 13.0 Å². The van der Waals surface area contributed by atoms with Crippen LogP contribution in [-0.2, 0) is 19.6 Å². The molecule has 1 aromatic carbocycles. The van der Waals surface area contributed by atoms with Gasteiger partial charge in [-0.25, -0.2) is 21.6 Å². The number of halogens is 3. The van der Waals surface area contributed by atoms with Crippen LogP contribution < -0.4 is 0 Å². The molecule has 0 unspecified atom stereocenters. The van der Waals surface area contributed by atoms with Crippen LogP contribution in [0.4, 0.5) is 13.2 Å². The Morgan fingerprint density at radius 1 is 1.33 bits per heavy atom. The monoisotopic (exact) mass is 323 g/mol. The third-order valence-electron chi connectivity index (χ3n) is 3.18. The molecule has 0 bridgehead atoms. The normalized spacial score (nSPS) is 23.2. The summed E-state index contributed by atoms with van der Waals surface area (Å²) in [6.45, 7) is -0.541. The SMILES string of the molecule is COC(=O)[C@@H]1C[C@@H](F)CN1S(=O)(=O)c1ccc(F)c(F)c1. The molecule has 2 atom stereocenters. The number of esters is 1. The molecule has 1 aromatic rings. The number of benzene rings is 1. The summed E-state index contributed by atoms with van der Waals surface area (Å²) in [6.07, 6.45) is -1.87. The quantitative estimate of drug-likeness (QED) is 0.785. The van der Waals surface area contributed by atoms with Gasteiger partial charge < -0.3 is 4.74 Å². The molecule has 1 saturated heterocycles. The first kappa shape index (κ1) is 15.8. The largest absolute Gasteiger partial charge is 0.468 e. The van der Waals surface area contributed by atoms with Crippen LogP contribution in [0, 0.1) is 11.6 Å². The summed E-state index contributed by atoms with van der Waals surface area (Å²) < 4.78 is 69.2. The van der Waals surface area contributed by atoms with E-state index in [1.807, 2.05) is 0 Å². The highest BCUT2D eigenvalue weighted by Crippen LogP contribution is 2.29. The molecule has 1 heterocycles. The van der Waals surface area contributed by atoms with Crippen LogP contribution in [0.15, 0.2) is 23.1 Å². The number of alkyl halides is 1. The molecular weight excluding hydrogens is 311 g/mol. The first-order valence-corrected chi connectivity index (χ1v) is 7.40. The van der Waals surface area contributed by atoms with Crippen molar-refractivity contribution in [3.05, 3.63) is 29.8 Å². The third kappa shape index (κ3) is 2.88. The zero-order valence-electron chi connectivity index (χ0n) is 10.9. The molecule has 0 aromatic heterocycles. The third-order valence-corrected chi connectivity index (χ3v) is 5.05. The predicted molar refractivity (Wildman–Crippen MR) is 65.6 cm³/mol. The zero-order valence-corrected chi connectivity index (χ0v) is 11.7. The van der Waals surface area contributed by atoms with Crippen LogP contribution in [0.1, 0.15) is 6.42 Å². The van der Waals surface area contributed by atoms with E-state index in [0.29, 0.717) is 16.4 Å². The van der Waals surface area contributed by atoms with Gasteiger partial charge in [0.15, 0.2) is 11.6 Å². The van der Waals surface area contributed by atoms with E-state index in [1.165, 1.54) is 0 Å². The lowest BCUT2D eigenvalue weighted by Crippen LogP contribution is -2.41. The van der Waals surface area contributed by atoms with Gasteiger partial charge in [0.25, 0.3) is 0 Å². The number of hydrogen-bond donors (Lipinski definition) is 0. The summed E-state index contributed by atoms with van der Waals surface area (Å²) in [5.74, 6) is -3.45. The van der Waals surface area contributed by atoms with Crippen molar-refractivity contribution >= 4 is 16.0 Å². The van der Waals surface area contributed by atoms with Gasteiger partial charge in [0.05, 0.1) is 12.0 Å². The Bertz CT molecular complexity index is 664. The minimum absolute atomic E-state index is 0.338. The van der Waals surface area contributed by atoms with Crippen molar-refractivity contribution in [3.63, 3.8) is 0 Å². The fourth-order valence-corrected chi connectivity index (χ4v) is 3.77. The minimum Gasteiger partial charge on any atom is -0.468 e. The number of nitrogens with zero attached hydrogens (tertiary/aromatic N) is 1. The second-order valence-corrected chi connectivity index (χ2v) is 6.41. The average Bonchev–Trinajstić information content (AvgIpc) is 2.83. The average molecular weight is 323 g/mol. The number of ether oxygens (including phenoxy) is 1. The molecule has 0 radical (unpaired) electrons. The lowest BCUT2D eigenvalue weighted by Gasteiger charge is -2.21. The van der Waals surface area contributed by atoms with Gasteiger partial charge in [-0.2, -0.15) is 4.31 Å².